The lowest BCUT2D eigenvalue weighted by Crippen LogP contribution is -2.24. The molecule has 0 amide bonds. The van der Waals surface area contributed by atoms with Gasteiger partial charge in [-0.25, -0.2) is 0 Å². The van der Waals surface area contributed by atoms with Crippen LogP contribution in [0.1, 0.15) is 46.0 Å². The molecule has 1 fully saturated rings. The van der Waals surface area contributed by atoms with Crippen molar-refractivity contribution in [1.29, 1.82) is 0 Å². The highest BCUT2D eigenvalue weighted by Crippen LogP contribution is 2.36. The van der Waals surface area contributed by atoms with E-state index in [1.54, 1.807) is 0 Å². The standard InChI is InChI=1S/C11H22S/c1-4-5-10-6-7-11(12-3)9(2)8-10/h9-11H,4-8H2,1-3H3. The molecule has 0 nitrogen and oxygen atoms in total. The van der Waals surface area contributed by atoms with Crippen LogP contribution in [0.5, 0.6) is 0 Å². The predicted molar refractivity (Wildman–Crippen MR) is 58.7 cm³/mol. The van der Waals surface area contributed by atoms with Crippen LogP contribution < -0.4 is 0 Å². The van der Waals surface area contributed by atoms with Gasteiger partial charge < -0.3 is 0 Å². The first-order chi connectivity index (χ1) is 5.77. The molecule has 0 radical (unpaired) electrons. The van der Waals surface area contributed by atoms with E-state index in [4.69, 9.17) is 0 Å². The van der Waals surface area contributed by atoms with Crippen LogP contribution in [-0.2, 0) is 0 Å². The smallest absolute Gasteiger partial charge is 0.00701 e. The lowest BCUT2D eigenvalue weighted by atomic mass is 9.80. The van der Waals surface area contributed by atoms with E-state index in [1.807, 2.05) is 0 Å². The van der Waals surface area contributed by atoms with Crippen LogP contribution in [0.25, 0.3) is 0 Å². The third-order valence-corrected chi connectivity index (χ3v) is 4.50. The Bertz CT molecular complexity index is 122. The molecule has 1 saturated carbocycles. The molecule has 12 heavy (non-hydrogen) atoms. The van der Waals surface area contributed by atoms with Crippen molar-refractivity contribution in [3.63, 3.8) is 0 Å². The molecule has 3 unspecified atom stereocenters. The van der Waals surface area contributed by atoms with Crippen LogP contribution in [0.15, 0.2) is 0 Å². The molecule has 0 aromatic heterocycles. The Morgan fingerprint density at radius 3 is 2.58 bits per heavy atom. The summed E-state index contributed by atoms with van der Waals surface area (Å²) in [4.78, 5) is 0. The quantitative estimate of drug-likeness (QED) is 0.643. The number of hydrogen-bond acceptors (Lipinski definition) is 1. The average Bonchev–Trinajstić information content (AvgIpc) is 2.05. The minimum Gasteiger partial charge on any atom is -0.162 e. The fourth-order valence-electron chi connectivity index (χ4n) is 2.50. The zero-order valence-corrected chi connectivity index (χ0v) is 9.49. The van der Waals surface area contributed by atoms with Gasteiger partial charge in [0.2, 0.25) is 0 Å². The molecule has 1 rings (SSSR count). The van der Waals surface area contributed by atoms with Gasteiger partial charge in [-0.3, -0.25) is 0 Å². The van der Waals surface area contributed by atoms with Gasteiger partial charge in [0, 0.05) is 5.25 Å². The van der Waals surface area contributed by atoms with Crippen molar-refractivity contribution in [2.75, 3.05) is 6.26 Å². The second kappa shape index (κ2) is 5.16. The maximum Gasteiger partial charge on any atom is 0.00701 e. The van der Waals surface area contributed by atoms with Crippen molar-refractivity contribution in [3.8, 4) is 0 Å². The molecule has 0 saturated heterocycles. The molecule has 0 aromatic rings. The van der Waals surface area contributed by atoms with E-state index in [0.717, 1.165) is 17.1 Å². The summed E-state index contributed by atoms with van der Waals surface area (Å²) in [6.07, 6.45) is 9.55. The van der Waals surface area contributed by atoms with Crippen molar-refractivity contribution < 1.29 is 0 Å². The summed E-state index contributed by atoms with van der Waals surface area (Å²) in [6.45, 7) is 4.74. The summed E-state index contributed by atoms with van der Waals surface area (Å²) in [5.74, 6) is 2.01. The molecule has 0 N–H and O–H groups in total. The van der Waals surface area contributed by atoms with Gasteiger partial charge in [0.05, 0.1) is 0 Å². The highest BCUT2D eigenvalue weighted by atomic mass is 32.2. The SMILES string of the molecule is CCCC1CCC(SC)C(C)C1. The van der Waals surface area contributed by atoms with E-state index in [2.05, 4.69) is 31.9 Å². The second-order valence-corrected chi connectivity index (χ2v) is 5.30. The molecule has 0 heterocycles. The van der Waals surface area contributed by atoms with Crippen LogP contribution in [0, 0.1) is 11.8 Å². The van der Waals surface area contributed by atoms with E-state index >= 15 is 0 Å². The Labute approximate surface area is 81.5 Å². The Balaban J connectivity index is 2.30. The largest absolute Gasteiger partial charge is 0.162 e. The van der Waals surface area contributed by atoms with E-state index < -0.39 is 0 Å². The highest BCUT2D eigenvalue weighted by Gasteiger charge is 2.25. The lowest BCUT2D eigenvalue weighted by Gasteiger charge is -2.33. The first kappa shape index (κ1) is 10.4. The van der Waals surface area contributed by atoms with Gasteiger partial charge in [0.25, 0.3) is 0 Å². The maximum atomic E-state index is 2.43. The van der Waals surface area contributed by atoms with Crippen LogP contribution in [0.4, 0.5) is 0 Å². The van der Waals surface area contributed by atoms with Gasteiger partial charge in [-0.1, -0.05) is 26.7 Å². The Hall–Kier alpha value is 0.350. The summed E-state index contributed by atoms with van der Waals surface area (Å²) >= 11 is 2.07. The molecular weight excluding hydrogens is 164 g/mol. The average molecular weight is 186 g/mol. The number of rotatable bonds is 3. The van der Waals surface area contributed by atoms with Crippen molar-refractivity contribution >= 4 is 11.8 Å². The summed E-state index contributed by atoms with van der Waals surface area (Å²) in [5.41, 5.74) is 0. The van der Waals surface area contributed by atoms with Gasteiger partial charge >= 0.3 is 0 Å². The number of thioether (sulfide) groups is 1. The molecule has 1 aliphatic rings. The van der Waals surface area contributed by atoms with Crippen molar-refractivity contribution in [3.05, 3.63) is 0 Å². The van der Waals surface area contributed by atoms with E-state index in [1.165, 1.54) is 32.1 Å². The number of hydrogen-bond donors (Lipinski definition) is 0. The van der Waals surface area contributed by atoms with E-state index in [9.17, 15) is 0 Å². The summed E-state index contributed by atoms with van der Waals surface area (Å²) in [6, 6.07) is 0. The van der Waals surface area contributed by atoms with Gasteiger partial charge in [-0.05, 0) is 37.4 Å². The maximum absolute atomic E-state index is 2.43. The van der Waals surface area contributed by atoms with Gasteiger partial charge in [0.1, 0.15) is 0 Å². The van der Waals surface area contributed by atoms with E-state index in [0.29, 0.717) is 0 Å². The lowest BCUT2D eigenvalue weighted by molar-refractivity contribution is 0.276. The molecular formula is C11H22S. The fourth-order valence-corrected chi connectivity index (χ4v) is 3.45. The van der Waals surface area contributed by atoms with Crippen LogP contribution in [0.2, 0.25) is 0 Å². The molecule has 0 aliphatic heterocycles. The zero-order chi connectivity index (χ0) is 8.97. The first-order valence-corrected chi connectivity index (χ1v) is 6.59. The molecule has 0 bridgehead atoms. The normalized spacial score (nSPS) is 36.8. The molecule has 0 spiro atoms. The summed E-state index contributed by atoms with van der Waals surface area (Å²) in [7, 11) is 0. The second-order valence-electron chi connectivity index (χ2n) is 4.22. The van der Waals surface area contributed by atoms with Crippen molar-refractivity contribution in [2.24, 2.45) is 11.8 Å². The summed E-state index contributed by atoms with van der Waals surface area (Å²) in [5, 5.41) is 0.957. The van der Waals surface area contributed by atoms with Crippen molar-refractivity contribution in [2.45, 2.75) is 51.2 Å². The molecule has 1 aliphatic carbocycles. The van der Waals surface area contributed by atoms with Crippen LogP contribution in [0.3, 0.4) is 0 Å². The third kappa shape index (κ3) is 2.69. The predicted octanol–water partition coefficient (Wildman–Crippen LogP) is 3.95. The molecule has 72 valence electrons. The highest BCUT2D eigenvalue weighted by molar-refractivity contribution is 7.99. The minimum atomic E-state index is 0.957. The van der Waals surface area contributed by atoms with Crippen LogP contribution in [-0.4, -0.2) is 11.5 Å². The van der Waals surface area contributed by atoms with Gasteiger partial charge in [0.15, 0.2) is 0 Å². The fraction of sp³-hybridized carbons (Fsp3) is 1.00. The minimum absolute atomic E-state index is 0.957. The van der Waals surface area contributed by atoms with Crippen molar-refractivity contribution in [1.82, 2.24) is 0 Å². The zero-order valence-electron chi connectivity index (χ0n) is 8.68. The third-order valence-electron chi connectivity index (χ3n) is 3.20. The summed E-state index contributed by atoms with van der Waals surface area (Å²) < 4.78 is 0. The van der Waals surface area contributed by atoms with E-state index in [-0.39, 0.29) is 0 Å². The Morgan fingerprint density at radius 1 is 1.33 bits per heavy atom. The molecule has 1 heteroatoms. The molecule has 3 atom stereocenters. The Morgan fingerprint density at radius 2 is 2.08 bits per heavy atom. The van der Waals surface area contributed by atoms with Crippen LogP contribution >= 0.6 is 11.8 Å². The first-order valence-electron chi connectivity index (χ1n) is 5.30. The molecule has 0 aromatic carbocycles. The topological polar surface area (TPSA) is 0 Å². The van der Waals surface area contributed by atoms with Gasteiger partial charge in [-0.2, -0.15) is 11.8 Å². The van der Waals surface area contributed by atoms with Gasteiger partial charge in [-0.15, -0.1) is 0 Å². The monoisotopic (exact) mass is 186 g/mol. The Kier molecular flexibility index (Phi) is 4.49.